The van der Waals surface area contributed by atoms with Gasteiger partial charge >= 0.3 is 0 Å². The minimum Gasteiger partial charge on any atom is -0.495 e. The van der Waals surface area contributed by atoms with Gasteiger partial charge < -0.3 is 9.84 Å². The number of aliphatic hydroxyl groups is 1. The molecule has 3 heteroatoms. The van der Waals surface area contributed by atoms with E-state index in [2.05, 4.69) is 13.8 Å². The van der Waals surface area contributed by atoms with Gasteiger partial charge in [0.1, 0.15) is 5.75 Å². The Labute approximate surface area is 120 Å². The normalized spacial score (nSPS) is 23.9. The van der Waals surface area contributed by atoms with Gasteiger partial charge in [-0.2, -0.15) is 0 Å². The smallest absolute Gasteiger partial charge is 0.137 e. The van der Waals surface area contributed by atoms with Crippen molar-refractivity contribution in [2.45, 2.75) is 45.6 Å². The number of hydrogen-bond donors (Lipinski definition) is 1. The topological polar surface area (TPSA) is 29.5 Å². The van der Waals surface area contributed by atoms with Crippen LogP contribution in [-0.2, 0) is 0 Å². The quantitative estimate of drug-likeness (QED) is 0.878. The van der Waals surface area contributed by atoms with E-state index in [9.17, 15) is 5.11 Å². The first-order valence-corrected chi connectivity index (χ1v) is 7.35. The second kappa shape index (κ2) is 5.72. The molecule has 0 spiro atoms. The summed E-state index contributed by atoms with van der Waals surface area (Å²) in [4.78, 5) is 0. The Hall–Kier alpha value is -0.730. The molecule has 0 saturated heterocycles. The van der Waals surface area contributed by atoms with Gasteiger partial charge in [-0.1, -0.05) is 44.4 Å². The van der Waals surface area contributed by atoms with Crippen LogP contribution in [0.1, 0.15) is 51.2 Å². The number of benzene rings is 1. The summed E-state index contributed by atoms with van der Waals surface area (Å²) < 4.78 is 5.23. The molecule has 0 bridgehead atoms. The third-order valence-corrected chi connectivity index (χ3v) is 4.80. The van der Waals surface area contributed by atoms with Crippen molar-refractivity contribution in [2.75, 3.05) is 7.11 Å². The molecule has 1 aliphatic carbocycles. The van der Waals surface area contributed by atoms with Gasteiger partial charge in [0, 0.05) is 0 Å². The van der Waals surface area contributed by atoms with Crippen LogP contribution in [0.2, 0.25) is 5.02 Å². The first-order valence-electron chi connectivity index (χ1n) is 6.97. The summed E-state index contributed by atoms with van der Waals surface area (Å²) in [5, 5.41) is 11.3. The molecule has 2 rings (SSSR count). The van der Waals surface area contributed by atoms with Gasteiger partial charge in [-0.15, -0.1) is 0 Å². The Morgan fingerprint density at radius 1 is 1.37 bits per heavy atom. The molecule has 2 atom stereocenters. The highest BCUT2D eigenvalue weighted by atomic mass is 35.5. The Bertz CT molecular complexity index is 442. The number of methoxy groups -OCH3 is 1. The van der Waals surface area contributed by atoms with Gasteiger partial charge in [0.2, 0.25) is 0 Å². The molecule has 106 valence electrons. The molecule has 1 fully saturated rings. The lowest BCUT2D eigenvalue weighted by Crippen LogP contribution is -2.32. The van der Waals surface area contributed by atoms with E-state index in [1.54, 1.807) is 13.2 Å². The van der Waals surface area contributed by atoms with Crippen LogP contribution in [0.4, 0.5) is 0 Å². The summed E-state index contributed by atoms with van der Waals surface area (Å²) >= 11 is 6.04. The fourth-order valence-corrected chi connectivity index (χ4v) is 3.39. The molecule has 2 nitrogen and oxygen atoms in total. The molecule has 19 heavy (non-hydrogen) atoms. The van der Waals surface area contributed by atoms with Gasteiger partial charge in [-0.05, 0) is 41.9 Å². The Morgan fingerprint density at radius 2 is 2.11 bits per heavy atom. The molecule has 1 aliphatic rings. The molecular weight excluding hydrogens is 260 g/mol. The van der Waals surface area contributed by atoms with Crippen molar-refractivity contribution in [2.24, 2.45) is 11.3 Å². The van der Waals surface area contributed by atoms with Crippen molar-refractivity contribution >= 4 is 11.6 Å². The van der Waals surface area contributed by atoms with Crippen molar-refractivity contribution < 1.29 is 9.84 Å². The van der Waals surface area contributed by atoms with E-state index in [0.29, 0.717) is 16.7 Å². The number of aliphatic hydroxyl groups excluding tert-OH is 1. The van der Waals surface area contributed by atoms with Crippen molar-refractivity contribution in [3.63, 3.8) is 0 Å². The zero-order valence-electron chi connectivity index (χ0n) is 11.9. The molecule has 1 aromatic carbocycles. The fourth-order valence-electron chi connectivity index (χ4n) is 3.20. The largest absolute Gasteiger partial charge is 0.495 e. The van der Waals surface area contributed by atoms with Crippen LogP contribution in [0.5, 0.6) is 5.75 Å². The summed E-state index contributed by atoms with van der Waals surface area (Å²) in [6.45, 7) is 4.51. The van der Waals surface area contributed by atoms with Crippen LogP contribution in [0.25, 0.3) is 0 Å². The summed E-state index contributed by atoms with van der Waals surface area (Å²) in [6.07, 6.45) is 4.29. The zero-order chi connectivity index (χ0) is 14.0. The van der Waals surface area contributed by atoms with Crippen LogP contribution in [-0.4, -0.2) is 12.2 Å². The highest BCUT2D eigenvalue weighted by Crippen LogP contribution is 2.47. The zero-order valence-corrected chi connectivity index (χ0v) is 12.7. The predicted molar refractivity (Wildman–Crippen MR) is 78.7 cm³/mol. The average molecular weight is 283 g/mol. The molecule has 0 radical (unpaired) electrons. The molecular formula is C16H23ClO2. The van der Waals surface area contributed by atoms with E-state index in [1.807, 2.05) is 12.1 Å². The van der Waals surface area contributed by atoms with Gasteiger partial charge in [0.25, 0.3) is 0 Å². The van der Waals surface area contributed by atoms with Gasteiger partial charge in [0.05, 0.1) is 18.2 Å². The number of halogens is 1. The minimum atomic E-state index is -0.443. The highest BCUT2D eigenvalue weighted by molar-refractivity contribution is 6.32. The van der Waals surface area contributed by atoms with E-state index in [-0.39, 0.29) is 5.41 Å². The second-order valence-corrected chi connectivity index (χ2v) is 6.59. The summed E-state index contributed by atoms with van der Waals surface area (Å²) in [7, 11) is 1.60. The molecule has 0 amide bonds. The lowest BCUT2D eigenvalue weighted by molar-refractivity contribution is 0.00376. The first kappa shape index (κ1) is 14.7. The predicted octanol–water partition coefficient (Wildman–Crippen LogP) is 4.60. The van der Waals surface area contributed by atoms with E-state index in [0.717, 1.165) is 12.0 Å². The Kier molecular flexibility index (Phi) is 4.42. The Morgan fingerprint density at radius 3 is 2.74 bits per heavy atom. The van der Waals surface area contributed by atoms with Crippen molar-refractivity contribution in [1.82, 2.24) is 0 Å². The van der Waals surface area contributed by atoms with Crippen LogP contribution >= 0.6 is 11.6 Å². The lowest BCUT2D eigenvalue weighted by atomic mass is 9.65. The number of rotatable bonds is 3. The number of ether oxygens (including phenoxy) is 1. The minimum absolute atomic E-state index is 0.185. The summed E-state index contributed by atoms with van der Waals surface area (Å²) in [5.74, 6) is 0.930. The van der Waals surface area contributed by atoms with Crippen LogP contribution in [0.15, 0.2) is 18.2 Å². The van der Waals surface area contributed by atoms with E-state index >= 15 is 0 Å². The molecule has 1 aromatic rings. The van der Waals surface area contributed by atoms with Crippen molar-refractivity contribution in [1.29, 1.82) is 0 Å². The maximum absolute atomic E-state index is 10.7. The summed E-state index contributed by atoms with van der Waals surface area (Å²) in [6, 6.07) is 5.56. The van der Waals surface area contributed by atoms with E-state index in [1.165, 1.54) is 19.3 Å². The highest BCUT2D eigenvalue weighted by Gasteiger charge is 2.37. The second-order valence-electron chi connectivity index (χ2n) is 6.18. The van der Waals surface area contributed by atoms with Crippen LogP contribution < -0.4 is 4.74 Å². The fraction of sp³-hybridized carbons (Fsp3) is 0.625. The maximum Gasteiger partial charge on any atom is 0.137 e. The molecule has 1 N–H and O–H groups in total. The lowest BCUT2D eigenvalue weighted by Gasteiger charge is -2.41. The standard InChI is InChI=1S/C16H23ClO2/c1-16(2)9-5-4-6-12(16)15(18)11-7-8-13(17)14(10-11)19-3/h7-8,10,12,15,18H,4-6,9H2,1-3H3. The van der Waals surface area contributed by atoms with Crippen LogP contribution in [0, 0.1) is 11.3 Å². The number of hydrogen-bond acceptors (Lipinski definition) is 2. The Balaban J connectivity index is 2.25. The molecule has 0 aromatic heterocycles. The van der Waals surface area contributed by atoms with Crippen molar-refractivity contribution in [3.05, 3.63) is 28.8 Å². The van der Waals surface area contributed by atoms with Gasteiger partial charge in [0.15, 0.2) is 0 Å². The third kappa shape index (κ3) is 3.06. The third-order valence-electron chi connectivity index (χ3n) is 4.49. The molecule has 2 unspecified atom stereocenters. The average Bonchev–Trinajstić information content (AvgIpc) is 2.38. The SMILES string of the molecule is COc1cc(C(O)C2CCCCC2(C)C)ccc1Cl. The van der Waals surface area contributed by atoms with Gasteiger partial charge in [-0.25, -0.2) is 0 Å². The first-order chi connectivity index (χ1) is 8.95. The van der Waals surface area contributed by atoms with E-state index in [4.69, 9.17) is 16.3 Å². The monoisotopic (exact) mass is 282 g/mol. The molecule has 1 saturated carbocycles. The van der Waals surface area contributed by atoms with Crippen molar-refractivity contribution in [3.8, 4) is 5.75 Å². The molecule has 0 aliphatic heterocycles. The van der Waals surface area contributed by atoms with E-state index < -0.39 is 6.10 Å². The van der Waals surface area contributed by atoms with Gasteiger partial charge in [-0.3, -0.25) is 0 Å². The maximum atomic E-state index is 10.7. The molecule has 0 heterocycles. The van der Waals surface area contributed by atoms with Crippen LogP contribution in [0.3, 0.4) is 0 Å². The summed E-state index contributed by atoms with van der Waals surface area (Å²) in [5.41, 5.74) is 1.09.